The predicted molar refractivity (Wildman–Crippen MR) is 80.5 cm³/mol. The van der Waals surface area contributed by atoms with Gasteiger partial charge in [-0.3, -0.25) is 9.78 Å². The molecule has 0 saturated heterocycles. The lowest BCUT2D eigenvalue weighted by atomic mass is 9.95. The fraction of sp³-hybridized carbons (Fsp3) is 0.429. The molecule has 19 heavy (non-hydrogen) atoms. The molecule has 2 aromatic rings. The van der Waals surface area contributed by atoms with E-state index in [0.29, 0.717) is 10.6 Å². The Hall–Kier alpha value is -1.62. The number of carbonyl (C=O) groups excluding carboxylic acids is 1. The third-order valence-electron chi connectivity index (χ3n) is 3.71. The molecule has 0 aliphatic rings. The maximum atomic E-state index is 12.4. The van der Waals surface area contributed by atoms with Crippen molar-refractivity contribution < 1.29 is 4.79 Å². The van der Waals surface area contributed by atoms with Gasteiger partial charge < -0.3 is 11.1 Å². The number of nitrogens with two attached hydrogens (primary N) is 1. The first kappa shape index (κ1) is 13.8. The van der Waals surface area contributed by atoms with Crippen molar-refractivity contribution in [3.05, 3.63) is 23.3 Å². The minimum atomic E-state index is -0.183. The van der Waals surface area contributed by atoms with Gasteiger partial charge in [0.05, 0.1) is 10.4 Å². The Kier molecular flexibility index (Phi) is 3.75. The van der Waals surface area contributed by atoms with E-state index in [4.69, 9.17) is 5.73 Å². The molecule has 2 aromatic heterocycles. The predicted octanol–water partition coefficient (Wildman–Crippen LogP) is 3.19. The zero-order valence-electron chi connectivity index (χ0n) is 11.5. The Morgan fingerprint density at radius 2 is 2.16 bits per heavy atom. The first-order chi connectivity index (χ1) is 9.00. The van der Waals surface area contributed by atoms with Crippen LogP contribution in [0.5, 0.6) is 0 Å². The average Bonchev–Trinajstić information content (AvgIpc) is 2.76. The van der Waals surface area contributed by atoms with Gasteiger partial charge in [-0.2, -0.15) is 0 Å². The Labute approximate surface area is 117 Å². The number of nitrogen functional groups attached to an aromatic ring is 1. The molecule has 102 valence electrons. The number of anilines is 1. The van der Waals surface area contributed by atoms with E-state index in [2.05, 4.69) is 31.1 Å². The van der Waals surface area contributed by atoms with Crippen LogP contribution in [0.3, 0.4) is 0 Å². The summed E-state index contributed by atoms with van der Waals surface area (Å²) in [6.07, 6.45) is 5.21. The summed E-state index contributed by atoms with van der Waals surface area (Å²) in [5.74, 6) is -0.0927. The average molecular weight is 277 g/mol. The molecule has 0 aromatic carbocycles. The van der Waals surface area contributed by atoms with Gasteiger partial charge in [0.2, 0.25) is 0 Å². The summed E-state index contributed by atoms with van der Waals surface area (Å²) in [6, 6.07) is 1.84. The Bertz CT molecular complexity index is 602. The lowest BCUT2D eigenvalue weighted by Crippen LogP contribution is -2.44. The van der Waals surface area contributed by atoms with E-state index in [1.54, 1.807) is 12.4 Å². The van der Waals surface area contributed by atoms with E-state index in [1.807, 2.05) is 6.07 Å². The molecule has 0 aliphatic carbocycles. The fourth-order valence-corrected chi connectivity index (χ4v) is 2.88. The summed E-state index contributed by atoms with van der Waals surface area (Å²) in [7, 11) is 0. The second-order valence-electron chi connectivity index (χ2n) is 4.94. The van der Waals surface area contributed by atoms with E-state index in [-0.39, 0.29) is 11.4 Å². The van der Waals surface area contributed by atoms with E-state index in [1.165, 1.54) is 11.3 Å². The molecule has 0 unspecified atom stereocenters. The fourth-order valence-electron chi connectivity index (χ4n) is 1.90. The molecule has 0 saturated carbocycles. The van der Waals surface area contributed by atoms with Gasteiger partial charge in [0.15, 0.2) is 0 Å². The van der Waals surface area contributed by atoms with Crippen molar-refractivity contribution in [2.45, 2.75) is 39.2 Å². The number of thiophene rings is 1. The number of amides is 1. The van der Waals surface area contributed by atoms with Crippen LogP contribution in [-0.4, -0.2) is 16.4 Å². The molecule has 3 N–H and O–H groups in total. The molecular weight excluding hydrogens is 258 g/mol. The largest absolute Gasteiger partial charge is 0.397 e. The summed E-state index contributed by atoms with van der Waals surface area (Å²) >= 11 is 1.39. The monoisotopic (exact) mass is 277 g/mol. The number of hydrogen-bond acceptors (Lipinski definition) is 4. The highest BCUT2D eigenvalue weighted by Gasteiger charge is 2.25. The molecule has 4 nitrogen and oxygen atoms in total. The minimum absolute atomic E-state index is 0.0927. The summed E-state index contributed by atoms with van der Waals surface area (Å²) in [4.78, 5) is 17.0. The molecule has 0 spiro atoms. The molecule has 2 heterocycles. The van der Waals surface area contributed by atoms with Gasteiger partial charge in [-0.1, -0.05) is 13.8 Å². The van der Waals surface area contributed by atoms with E-state index in [9.17, 15) is 4.79 Å². The van der Waals surface area contributed by atoms with Crippen LogP contribution < -0.4 is 11.1 Å². The van der Waals surface area contributed by atoms with Gasteiger partial charge in [-0.05, 0) is 25.8 Å². The van der Waals surface area contributed by atoms with Gasteiger partial charge >= 0.3 is 0 Å². The van der Waals surface area contributed by atoms with Crippen LogP contribution in [0.1, 0.15) is 43.3 Å². The number of hydrogen-bond donors (Lipinski definition) is 2. The standard InChI is InChI=1S/C14H19N3OS/c1-4-14(3,5-2)17-13(18)12-11(15)9-6-7-16-8-10(9)19-12/h6-8H,4-5,15H2,1-3H3,(H,17,18). The van der Waals surface area contributed by atoms with Crippen molar-refractivity contribution in [3.8, 4) is 0 Å². The quantitative estimate of drug-likeness (QED) is 0.901. The topological polar surface area (TPSA) is 68.0 Å². The Balaban J connectivity index is 2.34. The van der Waals surface area contributed by atoms with Crippen LogP contribution in [0.15, 0.2) is 18.5 Å². The second-order valence-corrected chi connectivity index (χ2v) is 5.99. The maximum Gasteiger partial charge on any atom is 0.263 e. The summed E-state index contributed by atoms with van der Waals surface area (Å²) < 4.78 is 0.944. The van der Waals surface area contributed by atoms with E-state index < -0.39 is 0 Å². The molecule has 2 rings (SSSR count). The Morgan fingerprint density at radius 1 is 1.47 bits per heavy atom. The van der Waals surface area contributed by atoms with Crippen molar-refractivity contribution in [2.24, 2.45) is 0 Å². The molecule has 5 heteroatoms. The number of nitrogens with one attached hydrogen (secondary N) is 1. The van der Waals surface area contributed by atoms with Crippen molar-refractivity contribution in [3.63, 3.8) is 0 Å². The van der Waals surface area contributed by atoms with Crippen molar-refractivity contribution in [1.82, 2.24) is 10.3 Å². The second kappa shape index (κ2) is 5.17. The summed E-state index contributed by atoms with van der Waals surface area (Å²) in [5, 5.41) is 3.98. The van der Waals surface area contributed by atoms with Crippen LogP contribution in [0, 0.1) is 0 Å². The number of pyridine rings is 1. The SMILES string of the molecule is CCC(C)(CC)NC(=O)c1sc2cnccc2c1N. The number of carbonyl (C=O) groups is 1. The van der Waals surface area contributed by atoms with Crippen LogP contribution in [0.25, 0.3) is 10.1 Å². The van der Waals surface area contributed by atoms with Gasteiger partial charge in [-0.25, -0.2) is 0 Å². The smallest absolute Gasteiger partial charge is 0.263 e. The lowest BCUT2D eigenvalue weighted by molar-refractivity contribution is 0.0906. The van der Waals surface area contributed by atoms with Crippen LogP contribution in [-0.2, 0) is 0 Å². The van der Waals surface area contributed by atoms with Gasteiger partial charge in [0, 0.05) is 23.3 Å². The van der Waals surface area contributed by atoms with Gasteiger partial charge in [0.1, 0.15) is 4.88 Å². The zero-order valence-corrected chi connectivity index (χ0v) is 12.3. The molecule has 1 amide bonds. The van der Waals surface area contributed by atoms with E-state index in [0.717, 1.165) is 22.9 Å². The first-order valence-corrected chi connectivity index (χ1v) is 7.27. The third-order valence-corrected chi connectivity index (χ3v) is 4.87. The van der Waals surface area contributed by atoms with Crippen LogP contribution in [0.4, 0.5) is 5.69 Å². The van der Waals surface area contributed by atoms with Crippen molar-refractivity contribution in [2.75, 3.05) is 5.73 Å². The zero-order chi connectivity index (χ0) is 14.0. The highest BCUT2D eigenvalue weighted by molar-refractivity contribution is 7.21. The van der Waals surface area contributed by atoms with Gasteiger partial charge in [-0.15, -0.1) is 11.3 Å². The van der Waals surface area contributed by atoms with Gasteiger partial charge in [0.25, 0.3) is 5.91 Å². The van der Waals surface area contributed by atoms with Crippen LogP contribution >= 0.6 is 11.3 Å². The van der Waals surface area contributed by atoms with Crippen molar-refractivity contribution >= 4 is 33.0 Å². The highest BCUT2D eigenvalue weighted by Crippen LogP contribution is 2.33. The molecule has 0 radical (unpaired) electrons. The van der Waals surface area contributed by atoms with Crippen molar-refractivity contribution in [1.29, 1.82) is 0 Å². The first-order valence-electron chi connectivity index (χ1n) is 6.45. The number of fused-ring (bicyclic) bond motifs is 1. The normalized spacial score (nSPS) is 11.7. The number of aromatic nitrogens is 1. The molecule has 0 atom stereocenters. The maximum absolute atomic E-state index is 12.4. The number of nitrogens with zero attached hydrogens (tertiary/aromatic N) is 1. The molecular formula is C14H19N3OS. The number of rotatable bonds is 4. The lowest BCUT2D eigenvalue weighted by Gasteiger charge is -2.28. The third kappa shape index (κ3) is 2.56. The molecule has 0 aliphatic heterocycles. The Morgan fingerprint density at radius 3 is 2.74 bits per heavy atom. The van der Waals surface area contributed by atoms with E-state index >= 15 is 0 Å². The molecule has 0 fully saturated rings. The van der Waals surface area contributed by atoms with Crippen LogP contribution in [0.2, 0.25) is 0 Å². The summed E-state index contributed by atoms with van der Waals surface area (Å²) in [5.41, 5.74) is 6.43. The molecule has 0 bridgehead atoms. The summed E-state index contributed by atoms with van der Waals surface area (Å²) in [6.45, 7) is 6.19. The highest BCUT2D eigenvalue weighted by atomic mass is 32.1. The minimum Gasteiger partial charge on any atom is -0.397 e.